The number of benzene rings is 1. The van der Waals surface area contributed by atoms with Gasteiger partial charge in [0, 0.05) is 6.54 Å². The predicted octanol–water partition coefficient (Wildman–Crippen LogP) is 0.485. The van der Waals surface area contributed by atoms with Crippen molar-refractivity contribution in [1.29, 1.82) is 0 Å². The molecule has 0 fully saturated rings. The summed E-state index contributed by atoms with van der Waals surface area (Å²) in [6.07, 6.45) is 0. The average molecular weight is 230 g/mol. The van der Waals surface area contributed by atoms with E-state index in [1.165, 1.54) is 6.07 Å². The van der Waals surface area contributed by atoms with E-state index in [0.29, 0.717) is 0 Å². The summed E-state index contributed by atoms with van der Waals surface area (Å²) < 4.78 is 26.2. The Bertz CT molecular complexity index is 352. The van der Waals surface area contributed by atoms with Crippen LogP contribution in [0.2, 0.25) is 0 Å². The molecule has 0 aliphatic rings. The summed E-state index contributed by atoms with van der Waals surface area (Å²) in [5.74, 6) is -2.22. The van der Waals surface area contributed by atoms with Gasteiger partial charge in [-0.15, -0.1) is 0 Å². The number of aliphatic hydroxyl groups excluding tert-OH is 1. The lowest BCUT2D eigenvalue weighted by atomic mass is 10.3. The molecule has 0 unspecified atom stereocenters. The van der Waals surface area contributed by atoms with Gasteiger partial charge in [0.1, 0.15) is 17.3 Å². The number of nitrogens with one attached hydrogen (secondary N) is 2. The van der Waals surface area contributed by atoms with Gasteiger partial charge in [-0.3, -0.25) is 4.79 Å². The first-order chi connectivity index (χ1) is 7.65. The molecule has 0 saturated carbocycles. The Morgan fingerprint density at radius 1 is 1.31 bits per heavy atom. The fraction of sp³-hybridized carbons (Fsp3) is 0.300. The maximum atomic E-state index is 13.1. The monoisotopic (exact) mass is 230 g/mol. The van der Waals surface area contributed by atoms with Gasteiger partial charge in [-0.25, -0.2) is 8.78 Å². The lowest BCUT2D eigenvalue weighted by Crippen LogP contribution is -2.30. The third-order valence-corrected chi connectivity index (χ3v) is 1.80. The molecule has 0 atom stereocenters. The number of halogens is 2. The molecular weight excluding hydrogens is 218 g/mol. The SMILES string of the molecule is O=C(CNCCO)Nc1c(F)cccc1F. The predicted molar refractivity (Wildman–Crippen MR) is 54.9 cm³/mol. The van der Waals surface area contributed by atoms with Gasteiger partial charge in [-0.05, 0) is 12.1 Å². The summed E-state index contributed by atoms with van der Waals surface area (Å²) in [6, 6.07) is 3.32. The molecule has 6 heteroatoms. The summed E-state index contributed by atoms with van der Waals surface area (Å²) in [5, 5.41) is 13.1. The molecule has 4 nitrogen and oxygen atoms in total. The van der Waals surface area contributed by atoms with Crippen LogP contribution in [0.5, 0.6) is 0 Å². The van der Waals surface area contributed by atoms with Crippen molar-refractivity contribution >= 4 is 11.6 Å². The zero-order valence-electron chi connectivity index (χ0n) is 8.46. The third kappa shape index (κ3) is 3.56. The number of anilines is 1. The van der Waals surface area contributed by atoms with Gasteiger partial charge in [-0.1, -0.05) is 6.07 Å². The Kier molecular flexibility index (Phi) is 4.81. The topological polar surface area (TPSA) is 61.4 Å². The van der Waals surface area contributed by atoms with Crippen molar-refractivity contribution in [3.8, 4) is 0 Å². The summed E-state index contributed by atoms with van der Waals surface area (Å²) in [5.41, 5.74) is -0.460. The molecule has 3 N–H and O–H groups in total. The van der Waals surface area contributed by atoms with Crippen LogP contribution in [0, 0.1) is 11.6 Å². The first kappa shape index (κ1) is 12.5. The van der Waals surface area contributed by atoms with Crippen LogP contribution in [-0.4, -0.2) is 30.7 Å². The van der Waals surface area contributed by atoms with Gasteiger partial charge < -0.3 is 15.7 Å². The van der Waals surface area contributed by atoms with Crippen molar-refractivity contribution in [3.05, 3.63) is 29.8 Å². The number of carbonyl (C=O) groups is 1. The first-order valence-corrected chi connectivity index (χ1v) is 4.70. The average Bonchev–Trinajstić information content (AvgIpc) is 2.24. The van der Waals surface area contributed by atoms with Crippen LogP contribution in [0.4, 0.5) is 14.5 Å². The fourth-order valence-corrected chi connectivity index (χ4v) is 1.08. The number of aliphatic hydroxyl groups is 1. The highest BCUT2D eigenvalue weighted by atomic mass is 19.1. The number of carbonyl (C=O) groups excluding carboxylic acids is 1. The van der Waals surface area contributed by atoms with E-state index < -0.39 is 23.2 Å². The third-order valence-electron chi connectivity index (χ3n) is 1.80. The van der Waals surface area contributed by atoms with Crippen molar-refractivity contribution < 1.29 is 18.7 Å². The molecule has 0 bridgehead atoms. The molecule has 0 aromatic heterocycles. The summed E-state index contributed by atoms with van der Waals surface area (Å²) in [6.45, 7) is 0.0167. The van der Waals surface area contributed by atoms with Gasteiger partial charge in [0.2, 0.25) is 5.91 Å². The molecular formula is C10H12F2N2O2. The summed E-state index contributed by atoms with van der Waals surface area (Å²) >= 11 is 0. The van der Waals surface area contributed by atoms with Gasteiger partial charge in [0.25, 0.3) is 0 Å². The zero-order chi connectivity index (χ0) is 12.0. The van der Waals surface area contributed by atoms with E-state index in [0.717, 1.165) is 12.1 Å². The van der Waals surface area contributed by atoms with Gasteiger partial charge in [0.15, 0.2) is 0 Å². The Labute approximate surface area is 91.3 Å². The minimum absolute atomic E-state index is 0.110. The van der Waals surface area contributed by atoms with Crippen LogP contribution < -0.4 is 10.6 Å². The minimum atomic E-state index is -0.824. The first-order valence-electron chi connectivity index (χ1n) is 4.70. The smallest absolute Gasteiger partial charge is 0.238 e. The number of para-hydroxylation sites is 1. The van der Waals surface area contributed by atoms with Crippen LogP contribution in [0.15, 0.2) is 18.2 Å². The van der Waals surface area contributed by atoms with Crippen molar-refractivity contribution in [2.45, 2.75) is 0 Å². The van der Waals surface area contributed by atoms with E-state index in [1.54, 1.807) is 0 Å². The molecule has 0 radical (unpaired) electrons. The highest BCUT2D eigenvalue weighted by molar-refractivity contribution is 5.92. The molecule has 88 valence electrons. The second-order valence-corrected chi connectivity index (χ2v) is 3.05. The molecule has 0 saturated heterocycles. The molecule has 0 aliphatic heterocycles. The number of hydrogen-bond acceptors (Lipinski definition) is 3. The van der Waals surface area contributed by atoms with Crippen LogP contribution in [0.1, 0.15) is 0 Å². The lowest BCUT2D eigenvalue weighted by molar-refractivity contribution is -0.115. The normalized spacial score (nSPS) is 10.2. The highest BCUT2D eigenvalue weighted by Gasteiger charge is 2.10. The van der Waals surface area contributed by atoms with E-state index in [4.69, 9.17) is 5.11 Å². The van der Waals surface area contributed by atoms with E-state index in [-0.39, 0.29) is 19.7 Å². The van der Waals surface area contributed by atoms with Crippen LogP contribution in [0.25, 0.3) is 0 Å². The van der Waals surface area contributed by atoms with Crippen molar-refractivity contribution in [2.75, 3.05) is 25.0 Å². The van der Waals surface area contributed by atoms with E-state index >= 15 is 0 Å². The number of amides is 1. The fourth-order valence-electron chi connectivity index (χ4n) is 1.08. The molecule has 1 aromatic carbocycles. The van der Waals surface area contributed by atoms with E-state index in [1.807, 2.05) is 0 Å². The van der Waals surface area contributed by atoms with E-state index in [9.17, 15) is 13.6 Å². The molecule has 0 heterocycles. The maximum absolute atomic E-state index is 13.1. The zero-order valence-corrected chi connectivity index (χ0v) is 8.46. The summed E-state index contributed by atoms with van der Waals surface area (Å²) in [7, 11) is 0. The van der Waals surface area contributed by atoms with Gasteiger partial charge >= 0.3 is 0 Å². The van der Waals surface area contributed by atoms with E-state index in [2.05, 4.69) is 10.6 Å². The maximum Gasteiger partial charge on any atom is 0.238 e. The quantitative estimate of drug-likeness (QED) is 0.645. The molecule has 0 aliphatic carbocycles. The van der Waals surface area contributed by atoms with Gasteiger partial charge in [-0.2, -0.15) is 0 Å². The second-order valence-electron chi connectivity index (χ2n) is 3.05. The Hall–Kier alpha value is -1.53. The lowest BCUT2D eigenvalue weighted by Gasteiger charge is -2.07. The van der Waals surface area contributed by atoms with Crippen molar-refractivity contribution in [1.82, 2.24) is 5.32 Å². The Morgan fingerprint density at radius 2 is 1.94 bits per heavy atom. The molecule has 0 spiro atoms. The largest absolute Gasteiger partial charge is 0.395 e. The number of hydrogen-bond donors (Lipinski definition) is 3. The second kappa shape index (κ2) is 6.14. The Morgan fingerprint density at radius 3 is 2.50 bits per heavy atom. The summed E-state index contributed by atoms with van der Waals surface area (Å²) in [4.78, 5) is 11.2. The standard InChI is InChI=1S/C10H12F2N2O2/c11-7-2-1-3-8(12)10(7)14-9(16)6-13-4-5-15/h1-3,13,15H,4-6H2,(H,14,16). The number of rotatable bonds is 5. The minimum Gasteiger partial charge on any atom is -0.395 e. The van der Waals surface area contributed by atoms with Crippen LogP contribution in [-0.2, 0) is 4.79 Å². The Balaban J connectivity index is 2.56. The van der Waals surface area contributed by atoms with Crippen LogP contribution >= 0.6 is 0 Å². The molecule has 1 amide bonds. The highest BCUT2D eigenvalue weighted by Crippen LogP contribution is 2.17. The van der Waals surface area contributed by atoms with Crippen LogP contribution in [0.3, 0.4) is 0 Å². The molecule has 16 heavy (non-hydrogen) atoms. The van der Waals surface area contributed by atoms with Crippen molar-refractivity contribution in [3.63, 3.8) is 0 Å². The van der Waals surface area contributed by atoms with Crippen molar-refractivity contribution in [2.24, 2.45) is 0 Å². The molecule has 1 aromatic rings. The van der Waals surface area contributed by atoms with Gasteiger partial charge in [0.05, 0.1) is 13.2 Å². The molecule has 1 rings (SSSR count).